The van der Waals surface area contributed by atoms with Gasteiger partial charge in [-0.25, -0.2) is 4.98 Å². The maximum atomic E-state index is 5.19. The summed E-state index contributed by atoms with van der Waals surface area (Å²) in [5.74, 6) is 1.91. The van der Waals surface area contributed by atoms with Crippen molar-refractivity contribution in [3.8, 4) is 22.8 Å². The molecule has 0 aliphatic carbocycles. The van der Waals surface area contributed by atoms with Gasteiger partial charge in [0.15, 0.2) is 5.82 Å². The van der Waals surface area contributed by atoms with Crippen LogP contribution in [-0.4, -0.2) is 25.1 Å². The zero-order valence-corrected chi connectivity index (χ0v) is 11.2. The summed E-state index contributed by atoms with van der Waals surface area (Å²) in [6.45, 7) is 1.79. The lowest BCUT2D eigenvalue weighted by atomic mass is 10.2. The third-order valence-electron chi connectivity index (χ3n) is 3.19. The Morgan fingerprint density at radius 2 is 2.05 bits per heavy atom. The Hall–Kier alpha value is -3.02. The second-order valence-corrected chi connectivity index (χ2v) is 4.71. The molecular formula is C15H11N5O. The van der Waals surface area contributed by atoms with Gasteiger partial charge in [0, 0.05) is 23.5 Å². The maximum Gasteiger partial charge on any atom is 0.257 e. The van der Waals surface area contributed by atoms with Crippen molar-refractivity contribution >= 4 is 11.0 Å². The minimum Gasteiger partial charge on any atom is -0.338 e. The van der Waals surface area contributed by atoms with Gasteiger partial charge in [0.05, 0.1) is 11.0 Å². The standard InChI is InChI=1S/C15H11N5O/c1-9-17-15(21-20-9)10-4-5-12-13(7-10)19-14(18-12)11-3-2-6-16-8-11/h2-8H,1H3,(H,18,19). The number of rotatable bonds is 2. The third kappa shape index (κ3) is 2.06. The van der Waals surface area contributed by atoms with E-state index in [4.69, 9.17) is 4.52 Å². The molecule has 0 atom stereocenters. The lowest BCUT2D eigenvalue weighted by Gasteiger charge is -1.93. The number of nitrogens with one attached hydrogen (secondary N) is 1. The Morgan fingerprint density at radius 3 is 2.81 bits per heavy atom. The summed E-state index contributed by atoms with van der Waals surface area (Å²) in [4.78, 5) is 16.2. The van der Waals surface area contributed by atoms with Gasteiger partial charge in [0.2, 0.25) is 0 Å². The summed E-state index contributed by atoms with van der Waals surface area (Å²) in [5, 5.41) is 3.81. The number of H-pyrrole nitrogens is 1. The van der Waals surface area contributed by atoms with E-state index < -0.39 is 0 Å². The SMILES string of the molecule is Cc1noc(-c2ccc3nc(-c4cccnc4)[nH]c3c2)n1. The van der Waals surface area contributed by atoms with Gasteiger partial charge in [-0.2, -0.15) is 4.98 Å². The van der Waals surface area contributed by atoms with E-state index in [9.17, 15) is 0 Å². The van der Waals surface area contributed by atoms with E-state index in [-0.39, 0.29) is 0 Å². The number of aromatic amines is 1. The molecule has 21 heavy (non-hydrogen) atoms. The van der Waals surface area contributed by atoms with Crippen molar-refractivity contribution in [3.05, 3.63) is 48.5 Å². The Labute approximate surface area is 119 Å². The van der Waals surface area contributed by atoms with Crippen molar-refractivity contribution in [3.63, 3.8) is 0 Å². The molecule has 0 fully saturated rings. The molecule has 0 spiro atoms. The highest BCUT2D eigenvalue weighted by Gasteiger charge is 2.10. The zero-order valence-electron chi connectivity index (χ0n) is 11.2. The fourth-order valence-electron chi connectivity index (χ4n) is 2.20. The van der Waals surface area contributed by atoms with Crippen molar-refractivity contribution in [1.82, 2.24) is 25.1 Å². The Balaban J connectivity index is 1.82. The summed E-state index contributed by atoms with van der Waals surface area (Å²) < 4.78 is 5.19. The molecule has 1 aromatic carbocycles. The van der Waals surface area contributed by atoms with E-state index in [0.717, 1.165) is 28.0 Å². The van der Waals surface area contributed by atoms with Gasteiger partial charge in [-0.15, -0.1) is 0 Å². The molecule has 4 rings (SSSR count). The van der Waals surface area contributed by atoms with Gasteiger partial charge < -0.3 is 9.51 Å². The van der Waals surface area contributed by atoms with Crippen LogP contribution in [0.3, 0.4) is 0 Å². The average molecular weight is 277 g/mol. The Bertz CT molecular complexity index is 910. The first-order chi connectivity index (χ1) is 10.3. The second-order valence-electron chi connectivity index (χ2n) is 4.71. The van der Waals surface area contributed by atoms with E-state index in [0.29, 0.717) is 11.7 Å². The Morgan fingerprint density at radius 1 is 1.10 bits per heavy atom. The minimum absolute atomic E-state index is 0.506. The van der Waals surface area contributed by atoms with Crippen molar-refractivity contribution in [2.24, 2.45) is 0 Å². The van der Waals surface area contributed by atoms with E-state index >= 15 is 0 Å². The minimum atomic E-state index is 0.506. The predicted molar refractivity (Wildman–Crippen MR) is 77.4 cm³/mol. The summed E-state index contributed by atoms with van der Waals surface area (Å²) in [6, 6.07) is 9.65. The fourth-order valence-corrected chi connectivity index (χ4v) is 2.20. The molecule has 0 aliphatic rings. The quantitative estimate of drug-likeness (QED) is 0.609. The largest absolute Gasteiger partial charge is 0.338 e. The highest BCUT2D eigenvalue weighted by atomic mass is 16.5. The molecule has 3 heterocycles. The number of nitrogens with zero attached hydrogens (tertiary/aromatic N) is 4. The number of hydrogen-bond acceptors (Lipinski definition) is 5. The van der Waals surface area contributed by atoms with Crippen LogP contribution in [0.1, 0.15) is 5.82 Å². The monoisotopic (exact) mass is 277 g/mol. The molecule has 1 N–H and O–H groups in total. The number of fused-ring (bicyclic) bond motifs is 1. The molecule has 0 unspecified atom stereocenters. The lowest BCUT2D eigenvalue weighted by Crippen LogP contribution is -1.80. The molecule has 0 aliphatic heterocycles. The van der Waals surface area contributed by atoms with Crippen molar-refractivity contribution in [1.29, 1.82) is 0 Å². The summed E-state index contributed by atoms with van der Waals surface area (Å²) in [5.41, 5.74) is 3.62. The van der Waals surface area contributed by atoms with Gasteiger partial charge in [0.1, 0.15) is 5.82 Å². The van der Waals surface area contributed by atoms with Crippen LogP contribution in [0, 0.1) is 6.92 Å². The van der Waals surface area contributed by atoms with Crippen LogP contribution in [0.4, 0.5) is 0 Å². The zero-order chi connectivity index (χ0) is 14.2. The fraction of sp³-hybridized carbons (Fsp3) is 0.0667. The van der Waals surface area contributed by atoms with Crippen LogP contribution in [0.2, 0.25) is 0 Å². The van der Waals surface area contributed by atoms with E-state index in [1.807, 2.05) is 30.3 Å². The highest BCUT2D eigenvalue weighted by Crippen LogP contribution is 2.24. The number of aromatic nitrogens is 5. The van der Waals surface area contributed by atoms with Crippen LogP contribution < -0.4 is 0 Å². The number of pyridine rings is 1. The Kier molecular flexibility index (Phi) is 2.53. The molecule has 4 aromatic rings. The third-order valence-corrected chi connectivity index (χ3v) is 3.19. The van der Waals surface area contributed by atoms with Crippen LogP contribution in [0.25, 0.3) is 33.9 Å². The predicted octanol–water partition coefficient (Wildman–Crippen LogP) is 2.98. The number of aryl methyl sites for hydroxylation is 1. The summed E-state index contributed by atoms with van der Waals surface area (Å²) in [7, 11) is 0. The second kappa shape index (κ2) is 4.52. The van der Waals surface area contributed by atoms with Gasteiger partial charge in [-0.1, -0.05) is 5.16 Å². The number of benzene rings is 1. The summed E-state index contributed by atoms with van der Waals surface area (Å²) >= 11 is 0. The van der Waals surface area contributed by atoms with Crippen LogP contribution in [0.5, 0.6) is 0 Å². The average Bonchev–Trinajstić information content (AvgIpc) is 3.13. The normalized spacial score (nSPS) is 11.1. The van der Waals surface area contributed by atoms with Gasteiger partial charge in [0.25, 0.3) is 5.89 Å². The molecule has 0 bridgehead atoms. The van der Waals surface area contributed by atoms with Crippen molar-refractivity contribution in [2.75, 3.05) is 0 Å². The molecule has 6 nitrogen and oxygen atoms in total. The number of imidazole rings is 1. The lowest BCUT2D eigenvalue weighted by molar-refractivity contribution is 0.425. The van der Waals surface area contributed by atoms with E-state index in [2.05, 4.69) is 25.1 Å². The first kappa shape index (κ1) is 11.8. The highest BCUT2D eigenvalue weighted by molar-refractivity contribution is 5.83. The van der Waals surface area contributed by atoms with Gasteiger partial charge in [-0.05, 0) is 37.3 Å². The van der Waals surface area contributed by atoms with Crippen LogP contribution in [-0.2, 0) is 0 Å². The maximum absolute atomic E-state index is 5.19. The van der Waals surface area contributed by atoms with E-state index in [1.54, 1.807) is 19.3 Å². The first-order valence-electron chi connectivity index (χ1n) is 6.50. The molecule has 3 aromatic heterocycles. The summed E-state index contributed by atoms with van der Waals surface area (Å²) in [6.07, 6.45) is 3.52. The molecule has 0 radical (unpaired) electrons. The van der Waals surface area contributed by atoms with Crippen LogP contribution in [0.15, 0.2) is 47.2 Å². The molecule has 6 heteroatoms. The first-order valence-corrected chi connectivity index (χ1v) is 6.50. The van der Waals surface area contributed by atoms with Crippen molar-refractivity contribution in [2.45, 2.75) is 6.92 Å². The topological polar surface area (TPSA) is 80.5 Å². The van der Waals surface area contributed by atoms with Gasteiger partial charge >= 0.3 is 0 Å². The van der Waals surface area contributed by atoms with Crippen molar-refractivity contribution < 1.29 is 4.52 Å². The van der Waals surface area contributed by atoms with E-state index in [1.165, 1.54) is 0 Å². The molecule has 102 valence electrons. The molecule has 0 amide bonds. The molecular weight excluding hydrogens is 266 g/mol. The number of hydrogen-bond donors (Lipinski definition) is 1. The van der Waals surface area contributed by atoms with Crippen LogP contribution >= 0.6 is 0 Å². The molecule has 0 saturated heterocycles. The van der Waals surface area contributed by atoms with Gasteiger partial charge in [-0.3, -0.25) is 4.98 Å². The molecule has 0 saturated carbocycles. The smallest absolute Gasteiger partial charge is 0.257 e.